The lowest BCUT2D eigenvalue weighted by Gasteiger charge is -2.17. The van der Waals surface area contributed by atoms with Gasteiger partial charge in [0.2, 0.25) is 0 Å². The standard InChI is InChI=1S/C17H27N3O/c1-11(9-18-15-4-5-15)8-16-12(2)19-17(20-13(16)3)14-6-7-21-10-14/h11,14-15,18H,4-10H2,1-3H3. The normalized spacial score (nSPS) is 23.5. The molecular weight excluding hydrogens is 262 g/mol. The fourth-order valence-corrected chi connectivity index (χ4v) is 3.06. The van der Waals surface area contributed by atoms with E-state index in [1.165, 1.54) is 18.4 Å². The number of nitrogens with zero attached hydrogens (tertiary/aromatic N) is 2. The molecular formula is C17H27N3O. The van der Waals surface area contributed by atoms with Crippen molar-refractivity contribution in [2.75, 3.05) is 19.8 Å². The molecule has 3 rings (SSSR count). The van der Waals surface area contributed by atoms with E-state index < -0.39 is 0 Å². The van der Waals surface area contributed by atoms with Crippen molar-refractivity contribution in [3.8, 4) is 0 Å². The van der Waals surface area contributed by atoms with E-state index in [2.05, 4.69) is 26.1 Å². The van der Waals surface area contributed by atoms with Gasteiger partial charge in [0.1, 0.15) is 5.82 Å². The van der Waals surface area contributed by atoms with Gasteiger partial charge in [-0.25, -0.2) is 9.97 Å². The van der Waals surface area contributed by atoms with Crippen LogP contribution in [0.3, 0.4) is 0 Å². The second-order valence-corrected chi connectivity index (χ2v) is 6.78. The summed E-state index contributed by atoms with van der Waals surface area (Å²) in [6.07, 6.45) is 4.83. The van der Waals surface area contributed by atoms with Crippen LogP contribution in [0.4, 0.5) is 0 Å². The molecule has 0 spiro atoms. The predicted molar refractivity (Wildman–Crippen MR) is 83.6 cm³/mol. The van der Waals surface area contributed by atoms with Crippen LogP contribution in [0.25, 0.3) is 0 Å². The van der Waals surface area contributed by atoms with Gasteiger partial charge < -0.3 is 10.1 Å². The van der Waals surface area contributed by atoms with Gasteiger partial charge in [0, 0.05) is 30.0 Å². The zero-order valence-electron chi connectivity index (χ0n) is 13.5. The van der Waals surface area contributed by atoms with Crippen molar-refractivity contribution in [1.82, 2.24) is 15.3 Å². The lowest BCUT2D eigenvalue weighted by atomic mass is 9.98. The monoisotopic (exact) mass is 289 g/mol. The zero-order valence-corrected chi connectivity index (χ0v) is 13.5. The van der Waals surface area contributed by atoms with Crippen LogP contribution < -0.4 is 5.32 Å². The van der Waals surface area contributed by atoms with Crippen molar-refractivity contribution in [2.24, 2.45) is 5.92 Å². The van der Waals surface area contributed by atoms with Crippen molar-refractivity contribution in [3.05, 3.63) is 22.8 Å². The van der Waals surface area contributed by atoms with E-state index in [-0.39, 0.29) is 0 Å². The number of aryl methyl sites for hydroxylation is 2. The second-order valence-electron chi connectivity index (χ2n) is 6.78. The van der Waals surface area contributed by atoms with E-state index in [1.807, 2.05) is 0 Å². The van der Waals surface area contributed by atoms with Gasteiger partial charge in [-0.2, -0.15) is 0 Å². The van der Waals surface area contributed by atoms with Crippen LogP contribution in [0.15, 0.2) is 0 Å². The number of rotatable bonds is 6. The van der Waals surface area contributed by atoms with Crippen molar-refractivity contribution in [3.63, 3.8) is 0 Å². The zero-order chi connectivity index (χ0) is 14.8. The first-order valence-corrected chi connectivity index (χ1v) is 8.28. The summed E-state index contributed by atoms with van der Waals surface area (Å²) in [6.45, 7) is 9.29. The first-order chi connectivity index (χ1) is 10.1. The highest BCUT2D eigenvalue weighted by molar-refractivity contribution is 5.26. The molecule has 116 valence electrons. The summed E-state index contributed by atoms with van der Waals surface area (Å²) < 4.78 is 5.46. The van der Waals surface area contributed by atoms with Gasteiger partial charge in [-0.1, -0.05) is 6.92 Å². The van der Waals surface area contributed by atoms with E-state index in [0.717, 1.165) is 55.9 Å². The van der Waals surface area contributed by atoms with Crippen LogP contribution in [-0.2, 0) is 11.2 Å². The van der Waals surface area contributed by atoms with Crippen molar-refractivity contribution in [2.45, 2.75) is 58.4 Å². The Morgan fingerprint density at radius 1 is 1.19 bits per heavy atom. The van der Waals surface area contributed by atoms with Crippen molar-refractivity contribution in [1.29, 1.82) is 0 Å². The highest BCUT2D eigenvalue weighted by atomic mass is 16.5. The molecule has 2 atom stereocenters. The van der Waals surface area contributed by atoms with Crippen LogP contribution in [0.5, 0.6) is 0 Å². The van der Waals surface area contributed by atoms with Gasteiger partial charge in [0.15, 0.2) is 0 Å². The summed E-state index contributed by atoms with van der Waals surface area (Å²) in [4.78, 5) is 9.53. The van der Waals surface area contributed by atoms with E-state index >= 15 is 0 Å². The molecule has 2 fully saturated rings. The number of hydrogen-bond acceptors (Lipinski definition) is 4. The van der Waals surface area contributed by atoms with Gasteiger partial charge in [0.05, 0.1) is 6.61 Å². The quantitative estimate of drug-likeness (QED) is 0.874. The van der Waals surface area contributed by atoms with Gasteiger partial charge in [0.25, 0.3) is 0 Å². The highest BCUT2D eigenvalue weighted by Gasteiger charge is 2.23. The summed E-state index contributed by atoms with van der Waals surface area (Å²) in [5.74, 6) is 2.01. The fraction of sp³-hybridized carbons (Fsp3) is 0.765. The molecule has 1 N–H and O–H groups in total. The maximum atomic E-state index is 5.46. The molecule has 1 saturated carbocycles. The molecule has 2 aliphatic rings. The summed E-state index contributed by atoms with van der Waals surface area (Å²) in [7, 11) is 0. The Hall–Kier alpha value is -1.00. The highest BCUT2D eigenvalue weighted by Crippen LogP contribution is 2.25. The van der Waals surface area contributed by atoms with Crippen molar-refractivity contribution < 1.29 is 4.74 Å². The fourth-order valence-electron chi connectivity index (χ4n) is 3.06. The molecule has 2 unspecified atom stereocenters. The van der Waals surface area contributed by atoms with Crippen LogP contribution in [0.1, 0.15) is 54.9 Å². The molecule has 1 saturated heterocycles. The third-order valence-corrected chi connectivity index (χ3v) is 4.62. The third kappa shape index (κ3) is 3.80. The summed E-state index contributed by atoms with van der Waals surface area (Å²) >= 11 is 0. The Balaban J connectivity index is 1.66. The predicted octanol–water partition coefficient (Wildman–Crippen LogP) is 2.53. The van der Waals surface area contributed by atoms with E-state index in [9.17, 15) is 0 Å². The maximum absolute atomic E-state index is 5.46. The van der Waals surface area contributed by atoms with E-state index in [0.29, 0.717) is 11.8 Å². The Kier molecular flexibility index (Phi) is 4.55. The molecule has 2 heterocycles. The Morgan fingerprint density at radius 3 is 2.48 bits per heavy atom. The van der Waals surface area contributed by atoms with Gasteiger partial charge >= 0.3 is 0 Å². The number of aromatic nitrogens is 2. The van der Waals surface area contributed by atoms with Crippen LogP contribution in [0.2, 0.25) is 0 Å². The largest absolute Gasteiger partial charge is 0.381 e. The minimum Gasteiger partial charge on any atom is -0.381 e. The maximum Gasteiger partial charge on any atom is 0.134 e. The second kappa shape index (κ2) is 6.41. The SMILES string of the molecule is Cc1nc(C2CCOC2)nc(C)c1CC(C)CNC1CC1. The van der Waals surface area contributed by atoms with Crippen LogP contribution >= 0.6 is 0 Å². The van der Waals surface area contributed by atoms with Gasteiger partial charge in [-0.05, 0) is 57.6 Å². The molecule has 1 aromatic rings. The van der Waals surface area contributed by atoms with Gasteiger partial charge in [-0.3, -0.25) is 0 Å². The summed E-state index contributed by atoms with van der Waals surface area (Å²) in [5.41, 5.74) is 3.65. The average molecular weight is 289 g/mol. The Morgan fingerprint density at radius 2 is 1.90 bits per heavy atom. The van der Waals surface area contributed by atoms with E-state index in [1.54, 1.807) is 0 Å². The number of ether oxygens (including phenoxy) is 1. The molecule has 0 aromatic carbocycles. The minimum absolute atomic E-state index is 0.394. The van der Waals surface area contributed by atoms with Crippen LogP contribution in [0, 0.1) is 19.8 Å². The van der Waals surface area contributed by atoms with Gasteiger partial charge in [-0.15, -0.1) is 0 Å². The molecule has 1 aromatic heterocycles. The lowest BCUT2D eigenvalue weighted by Crippen LogP contribution is -2.25. The average Bonchev–Trinajstić information content (AvgIpc) is 3.12. The first-order valence-electron chi connectivity index (χ1n) is 8.28. The Bertz CT molecular complexity index is 470. The topological polar surface area (TPSA) is 47.0 Å². The molecule has 1 aliphatic heterocycles. The molecule has 0 radical (unpaired) electrons. The lowest BCUT2D eigenvalue weighted by molar-refractivity contribution is 0.193. The molecule has 1 aliphatic carbocycles. The first kappa shape index (κ1) is 14.9. The molecule has 0 bridgehead atoms. The molecule has 4 nitrogen and oxygen atoms in total. The summed E-state index contributed by atoms with van der Waals surface area (Å²) in [6, 6.07) is 0.788. The smallest absolute Gasteiger partial charge is 0.134 e. The minimum atomic E-state index is 0.394. The van der Waals surface area contributed by atoms with Crippen LogP contribution in [-0.4, -0.2) is 35.8 Å². The number of nitrogens with one attached hydrogen (secondary N) is 1. The summed E-state index contributed by atoms with van der Waals surface area (Å²) in [5, 5.41) is 3.61. The molecule has 4 heteroatoms. The van der Waals surface area contributed by atoms with E-state index in [4.69, 9.17) is 14.7 Å². The molecule has 0 amide bonds. The Labute approximate surface area is 127 Å². The molecule has 21 heavy (non-hydrogen) atoms. The third-order valence-electron chi connectivity index (χ3n) is 4.62. The number of hydrogen-bond donors (Lipinski definition) is 1. The van der Waals surface area contributed by atoms with Crippen molar-refractivity contribution >= 4 is 0 Å².